The van der Waals surface area contributed by atoms with Crippen molar-refractivity contribution >= 4 is 11.5 Å². The number of nitrogens with one attached hydrogen (secondary N) is 1. The zero-order valence-electron chi connectivity index (χ0n) is 14.3. The molecule has 1 N–H and O–H groups in total. The van der Waals surface area contributed by atoms with E-state index in [1.807, 2.05) is 11.0 Å². The molecular weight excluding hydrogens is 316 g/mol. The Morgan fingerprint density at radius 2 is 2.12 bits per heavy atom. The highest BCUT2D eigenvalue weighted by Gasteiger charge is 2.39. The van der Waals surface area contributed by atoms with Crippen molar-refractivity contribution < 1.29 is 9.32 Å². The molecule has 2 aromatic rings. The van der Waals surface area contributed by atoms with Gasteiger partial charge in [-0.1, -0.05) is 41.6 Å². The Balaban J connectivity index is 1.46. The molecule has 0 aliphatic carbocycles. The minimum Gasteiger partial charge on any atom is -0.339 e. The van der Waals surface area contributed by atoms with Gasteiger partial charge in [-0.15, -0.1) is 0 Å². The minimum atomic E-state index is -0.133. The van der Waals surface area contributed by atoms with Gasteiger partial charge in [0.05, 0.1) is 11.8 Å². The molecule has 0 radical (unpaired) electrons. The maximum absolute atomic E-state index is 13.0. The SMILES string of the molecule is Cc1noc([C@@H]2CNC[C@H]2C(=O)N2CC=C(c3ccccc3)CC2)n1. The molecular formula is C19H22N4O2. The van der Waals surface area contributed by atoms with Gasteiger partial charge in [0.1, 0.15) is 0 Å². The number of hydrogen-bond acceptors (Lipinski definition) is 5. The van der Waals surface area contributed by atoms with E-state index in [2.05, 4.69) is 45.8 Å². The van der Waals surface area contributed by atoms with Crippen molar-refractivity contribution in [2.24, 2.45) is 5.92 Å². The van der Waals surface area contributed by atoms with Gasteiger partial charge in [0, 0.05) is 26.2 Å². The van der Waals surface area contributed by atoms with E-state index >= 15 is 0 Å². The quantitative estimate of drug-likeness (QED) is 0.927. The molecule has 1 aromatic heterocycles. The molecule has 3 heterocycles. The molecule has 0 bridgehead atoms. The number of rotatable bonds is 3. The average molecular weight is 338 g/mol. The molecule has 2 aliphatic heterocycles. The van der Waals surface area contributed by atoms with Crippen molar-refractivity contribution in [3.8, 4) is 0 Å². The second-order valence-electron chi connectivity index (χ2n) is 6.68. The highest BCUT2D eigenvalue weighted by atomic mass is 16.5. The van der Waals surface area contributed by atoms with Crippen LogP contribution < -0.4 is 5.32 Å². The van der Waals surface area contributed by atoms with Gasteiger partial charge < -0.3 is 14.7 Å². The summed E-state index contributed by atoms with van der Waals surface area (Å²) in [6.07, 6.45) is 3.06. The monoisotopic (exact) mass is 338 g/mol. The van der Waals surface area contributed by atoms with Crippen LogP contribution in [0.3, 0.4) is 0 Å². The molecule has 6 nitrogen and oxygen atoms in total. The maximum Gasteiger partial charge on any atom is 0.231 e. The predicted octanol–water partition coefficient (Wildman–Crippen LogP) is 2.00. The fourth-order valence-corrected chi connectivity index (χ4v) is 3.68. The molecule has 25 heavy (non-hydrogen) atoms. The molecule has 1 aromatic carbocycles. The van der Waals surface area contributed by atoms with Crippen LogP contribution in [0.25, 0.3) is 5.57 Å². The van der Waals surface area contributed by atoms with E-state index in [1.54, 1.807) is 6.92 Å². The van der Waals surface area contributed by atoms with Crippen molar-refractivity contribution in [2.45, 2.75) is 19.3 Å². The van der Waals surface area contributed by atoms with Gasteiger partial charge in [-0.2, -0.15) is 4.98 Å². The molecule has 1 fully saturated rings. The summed E-state index contributed by atoms with van der Waals surface area (Å²) in [6.45, 7) is 4.58. The Labute approximate surface area is 146 Å². The van der Waals surface area contributed by atoms with Crippen molar-refractivity contribution in [3.05, 3.63) is 53.7 Å². The normalized spacial score (nSPS) is 23.6. The van der Waals surface area contributed by atoms with Crippen LogP contribution in [-0.4, -0.2) is 47.1 Å². The molecule has 6 heteroatoms. The van der Waals surface area contributed by atoms with Crippen molar-refractivity contribution in [1.29, 1.82) is 0 Å². The zero-order valence-corrected chi connectivity index (χ0v) is 14.3. The highest BCUT2D eigenvalue weighted by molar-refractivity contribution is 5.82. The molecule has 0 saturated carbocycles. The summed E-state index contributed by atoms with van der Waals surface area (Å²) < 4.78 is 5.31. The Morgan fingerprint density at radius 3 is 2.80 bits per heavy atom. The fraction of sp³-hybridized carbons (Fsp3) is 0.421. The summed E-state index contributed by atoms with van der Waals surface area (Å²) in [4.78, 5) is 19.3. The average Bonchev–Trinajstić information content (AvgIpc) is 3.31. The van der Waals surface area contributed by atoms with Gasteiger partial charge in [0.2, 0.25) is 11.8 Å². The number of benzene rings is 1. The highest BCUT2D eigenvalue weighted by Crippen LogP contribution is 2.30. The van der Waals surface area contributed by atoms with Crippen LogP contribution in [0.2, 0.25) is 0 Å². The second-order valence-corrected chi connectivity index (χ2v) is 6.68. The molecule has 2 aliphatic rings. The third-order valence-corrected chi connectivity index (χ3v) is 5.06. The summed E-state index contributed by atoms with van der Waals surface area (Å²) >= 11 is 0. The summed E-state index contributed by atoms with van der Waals surface area (Å²) in [7, 11) is 0. The summed E-state index contributed by atoms with van der Waals surface area (Å²) in [5, 5.41) is 7.16. The zero-order chi connectivity index (χ0) is 17.2. The van der Waals surface area contributed by atoms with Crippen LogP contribution in [0.5, 0.6) is 0 Å². The van der Waals surface area contributed by atoms with E-state index in [1.165, 1.54) is 11.1 Å². The van der Waals surface area contributed by atoms with E-state index in [-0.39, 0.29) is 17.7 Å². The molecule has 1 amide bonds. The Bertz CT molecular complexity index is 784. The predicted molar refractivity (Wildman–Crippen MR) is 93.8 cm³/mol. The first kappa shape index (κ1) is 16.0. The maximum atomic E-state index is 13.0. The first-order valence-electron chi connectivity index (χ1n) is 8.76. The Morgan fingerprint density at radius 1 is 1.28 bits per heavy atom. The summed E-state index contributed by atoms with van der Waals surface area (Å²) in [5.74, 6) is 1.19. The second kappa shape index (κ2) is 6.80. The number of aromatic nitrogens is 2. The third-order valence-electron chi connectivity index (χ3n) is 5.06. The van der Waals surface area contributed by atoms with Crippen LogP contribution in [0, 0.1) is 12.8 Å². The van der Waals surface area contributed by atoms with Gasteiger partial charge in [-0.05, 0) is 24.5 Å². The van der Waals surface area contributed by atoms with E-state index in [0.717, 1.165) is 13.0 Å². The summed E-state index contributed by atoms with van der Waals surface area (Å²) in [5.41, 5.74) is 2.56. The van der Waals surface area contributed by atoms with E-state index in [4.69, 9.17) is 4.52 Å². The van der Waals surface area contributed by atoms with Gasteiger partial charge in [0.25, 0.3) is 0 Å². The number of aryl methyl sites for hydroxylation is 1. The molecule has 0 unspecified atom stereocenters. The smallest absolute Gasteiger partial charge is 0.231 e. The van der Waals surface area contributed by atoms with Gasteiger partial charge in [0.15, 0.2) is 5.82 Å². The topological polar surface area (TPSA) is 71.3 Å². The number of hydrogen-bond donors (Lipinski definition) is 1. The lowest BCUT2D eigenvalue weighted by molar-refractivity contribution is -0.135. The molecule has 130 valence electrons. The van der Waals surface area contributed by atoms with Crippen molar-refractivity contribution in [2.75, 3.05) is 26.2 Å². The molecule has 2 atom stereocenters. The van der Waals surface area contributed by atoms with Crippen LogP contribution in [-0.2, 0) is 4.79 Å². The minimum absolute atomic E-state index is 0.0341. The van der Waals surface area contributed by atoms with Crippen LogP contribution in [0.15, 0.2) is 40.9 Å². The van der Waals surface area contributed by atoms with Crippen LogP contribution in [0.4, 0.5) is 0 Å². The lowest BCUT2D eigenvalue weighted by atomic mass is 9.93. The van der Waals surface area contributed by atoms with E-state index < -0.39 is 0 Å². The van der Waals surface area contributed by atoms with Gasteiger partial charge >= 0.3 is 0 Å². The number of amides is 1. The third kappa shape index (κ3) is 3.22. The van der Waals surface area contributed by atoms with Gasteiger partial charge in [-0.3, -0.25) is 4.79 Å². The molecule has 0 spiro atoms. The van der Waals surface area contributed by atoms with Crippen LogP contribution in [0.1, 0.15) is 29.6 Å². The van der Waals surface area contributed by atoms with Crippen molar-refractivity contribution in [1.82, 2.24) is 20.4 Å². The first-order chi connectivity index (χ1) is 12.2. The Kier molecular flexibility index (Phi) is 4.36. The number of carbonyl (C=O) groups is 1. The fourth-order valence-electron chi connectivity index (χ4n) is 3.68. The number of nitrogens with zero attached hydrogens (tertiary/aromatic N) is 3. The number of carbonyl (C=O) groups excluding carboxylic acids is 1. The molecule has 4 rings (SSSR count). The van der Waals surface area contributed by atoms with E-state index in [0.29, 0.717) is 31.3 Å². The van der Waals surface area contributed by atoms with Crippen LogP contribution >= 0.6 is 0 Å². The Hall–Kier alpha value is -2.47. The van der Waals surface area contributed by atoms with Gasteiger partial charge in [-0.25, -0.2) is 0 Å². The lowest BCUT2D eigenvalue weighted by Crippen LogP contribution is -2.41. The van der Waals surface area contributed by atoms with E-state index in [9.17, 15) is 4.79 Å². The first-order valence-corrected chi connectivity index (χ1v) is 8.76. The molecule has 1 saturated heterocycles. The lowest BCUT2D eigenvalue weighted by Gasteiger charge is -2.30. The largest absolute Gasteiger partial charge is 0.339 e. The standard InChI is InChI=1S/C19H22N4O2/c1-13-21-18(25-22-13)16-11-20-12-17(16)19(24)23-9-7-15(8-10-23)14-5-3-2-4-6-14/h2-7,16-17,20H,8-12H2,1H3/t16-,17-/m1/s1. The summed E-state index contributed by atoms with van der Waals surface area (Å²) in [6, 6.07) is 10.4. The van der Waals surface area contributed by atoms with Crippen molar-refractivity contribution in [3.63, 3.8) is 0 Å².